The maximum atomic E-state index is 13.1. The Bertz CT molecular complexity index is 920. The molecule has 2 heterocycles. The van der Waals surface area contributed by atoms with Crippen molar-refractivity contribution in [2.45, 2.75) is 38.3 Å². The van der Waals surface area contributed by atoms with Crippen LogP contribution in [0.3, 0.4) is 0 Å². The summed E-state index contributed by atoms with van der Waals surface area (Å²) in [5.41, 5.74) is 0.842. The first-order valence-corrected chi connectivity index (χ1v) is 9.38. The third-order valence-electron chi connectivity index (χ3n) is 4.91. The molecule has 0 fully saturated rings. The molecule has 2 atom stereocenters. The van der Waals surface area contributed by atoms with Gasteiger partial charge in [-0.1, -0.05) is 42.5 Å². The van der Waals surface area contributed by atoms with Crippen molar-refractivity contribution in [3.05, 3.63) is 83.6 Å². The number of carbonyl (C=O) groups excluding carboxylic acids is 1. The van der Waals surface area contributed by atoms with E-state index in [4.69, 9.17) is 4.74 Å². The molecule has 1 aromatic carbocycles. The lowest BCUT2D eigenvalue weighted by Crippen LogP contribution is -2.38. The van der Waals surface area contributed by atoms with E-state index in [-0.39, 0.29) is 36.4 Å². The number of benzene rings is 1. The number of anilines is 1. The van der Waals surface area contributed by atoms with E-state index in [9.17, 15) is 9.59 Å². The molecule has 0 saturated carbocycles. The van der Waals surface area contributed by atoms with Gasteiger partial charge in [0.1, 0.15) is 18.1 Å². The summed E-state index contributed by atoms with van der Waals surface area (Å²) in [6, 6.07) is 9.42. The van der Waals surface area contributed by atoms with Crippen LogP contribution in [0.5, 0.6) is 0 Å². The number of hydrogen-bond acceptors (Lipinski definition) is 4. The molecule has 0 N–H and O–H groups in total. The zero-order valence-corrected chi connectivity index (χ0v) is 16.1. The van der Waals surface area contributed by atoms with Crippen molar-refractivity contribution < 1.29 is 9.53 Å². The third-order valence-corrected chi connectivity index (χ3v) is 4.91. The fourth-order valence-electron chi connectivity index (χ4n) is 3.61. The minimum atomic E-state index is -0.600. The monoisotopic (exact) mass is 379 g/mol. The highest BCUT2D eigenvalue weighted by Gasteiger charge is 2.32. The summed E-state index contributed by atoms with van der Waals surface area (Å²) >= 11 is 0. The van der Waals surface area contributed by atoms with Gasteiger partial charge in [0.2, 0.25) is 0 Å². The molecular formula is C22H25N3O3. The SMILES string of the molecule is C=CC[C@@H]1C[C@@H](C)n2c1ncc(N(CC=C)C(=O)OCc1ccccc1)c2=O. The van der Waals surface area contributed by atoms with Crippen molar-refractivity contribution in [3.63, 3.8) is 0 Å². The molecule has 0 saturated heterocycles. The molecule has 1 aliphatic heterocycles. The molecule has 146 valence electrons. The van der Waals surface area contributed by atoms with Crippen LogP contribution < -0.4 is 10.5 Å². The quantitative estimate of drug-likeness (QED) is 0.677. The van der Waals surface area contributed by atoms with Gasteiger partial charge in [0.05, 0.1) is 6.20 Å². The number of allylic oxidation sites excluding steroid dienone is 1. The topological polar surface area (TPSA) is 64.4 Å². The summed E-state index contributed by atoms with van der Waals surface area (Å²) in [6.45, 7) is 9.76. The molecule has 1 aliphatic rings. The lowest BCUT2D eigenvalue weighted by atomic mass is 10.0. The van der Waals surface area contributed by atoms with E-state index >= 15 is 0 Å². The van der Waals surface area contributed by atoms with E-state index in [1.807, 2.05) is 43.3 Å². The number of rotatable bonds is 7. The first-order chi connectivity index (χ1) is 13.6. The second-order valence-electron chi connectivity index (χ2n) is 6.92. The highest BCUT2D eigenvalue weighted by molar-refractivity contribution is 5.87. The number of hydrogen-bond donors (Lipinski definition) is 0. The van der Waals surface area contributed by atoms with E-state index in [0.717, 1.165) is 24.2 Å². The zero-order chi connectivity index (χ0) is 20.1. The number of aromatic nitrogens is 2. The molecule has 6 nitrogen and oxygen atoms in total. The molecule has 2 aromatic rings. The van der Waals surface area contributed by atoms with Crippen LogP contribution in [-0.2, 0) is 11.3 Å². The number of fused-ring (bicyclic) bond motifs is 1. The zero-order valence-electron chi connectivity index (χ0n) is 16.1. The van der Waals surface area contributed by atoms with Crippen LogP contribution in [-0.4, -0.2) is 22.2 Å². The van der Waals surface area contributed by atoms with Crippen molar-refractivity contribution >= 4 is 11.8 Å². The Labute approximate surface area is 164 Å². The Morgan fingerprint density at radius 1 is 1.32 bits per heavy atom. The molecule has 0 aliphatic carbocycles. The number of amides is 1. The van der Waals surface area contributed by atoms with Gasteiger partial charge in [-0.25, -0.2) is 9.78 Å². The molecular weight excluding hydrogens is 354 g/mol. The van der Waals surface area contributed by atoms with Crippen LogP contribution in [0, 0.1) is 0 Å². The second kappa shape index (κ2) is 8.69. The van der Waals surface area contributed by atoms with Crippen LogP contribution in [0.15, 0.2) is 66.6 Å². The van der Waals surface area contributed by atoms with Crippen LogP contribution in [0.25, 0.3) is 0 Å². The average Bonchev–Trinajstić information content (AvgIpc) is 3.02. The van der Waals surface area contributed by atoms with Crippen LogP contribution >= 0.6 is 0 Å². The lowest BCUT2D eigenvalue weighted by Gasteiger charge is -2.21. The van der Waals surface area contributed by atoms with E-state index in [1.165, 1.54) is 11.1 Å². The second-order valence-corrected chi connectivity index (χ2v) is 6.92. The van der Waals surface area contributed by atoms with Crippen LogP contribution in [0.4, 0.5) is 10.5 Å². The normalized spacial score (nSPS) is 17.6. The molecule has 0 bridgehead atoms. The molecule has 3 rings (SSSR count). The van der Waals surface area contributed by atoms with E-state index in [1.54, 1.807) is 10.6 Å². The lowest BCUT2D eigenvalue weighted by molar-refractivity contribution is 0.147. The summed E-state index contributed by atoms with van der Waals surface area (Å²) in [4.78, 5) is 31.6. The molecule has 1 aromatic heterocycles. The molecule has 6 heteroatoms. The Hall–Kier alpha value is -3.15. The first-order valence-electron chi connectivity index (χ1n) is 9.38. The molecule has 0 spiro atoms. The van der Waals surface area contributed by atoms with E-state index in [0.29, 0.717) is 0 Å². The molecule has 0 unspecified atom stereocenters. The van der Waals surface area contributed by atoms with Crippen molar-refractivity contribution in [1.29, 1.82) is 0 Å². The fraction of sp³-hybridized carbons (Fsp3) is 0.318. The van der Waals surface area contributed by atoms with Gasteiger partial charge in [0.25, 0.3) is 5.56 Å². The fourth-order valence-corrected chi connectivity index (χ4v) is 3.61. The van der Waals surface area contributed by atoms with Gasteiger partial charge in [0, 0.05) is 18.5 Å². The Kier molecular flexibility index (Phi) is 6.09. The van der Waals surface area contributed by atoms with Crippen LogP contribution in [0.1, 0.15) is 43.1 Å². The van der Waals surface area contributed by atoms with E-state index in [2.05, 4.69) is 18.1 Å². The minimum absolute atomic E-state index is 0.0193. The van der Waals surface area contributed by atoms with Gasteiger partial charge in [-0.15, -0.1) is 13.2 Å². The third kappa shape index (κ3) is 3.91. The number of ether oxygens (including phenoxy) is 1. The highest BCUT2D eigenvalue weighted by atomic mass is 16.6. The summed E-state index contributed by atoms with van der Waals surface area (Å²) in [5, 5.41) is 0. The molecule has 28 heavy (non-hydrogen) atoms. The van der Waals surface area contributed by atoms with Gasteiger partial charge < -0.3 is 4.74 Å². The number of carbonyl (C=O) groups is 1. The minimum Gasteiger partial charge on any atom is -0.444 e. The maximum Gasteiger partial charge on any atom is 0.415 e. The summed E-state index contributed by atoms with van der Waals surface area (Å²) in [6.07, 6.45) is 5.87. The Balaban J connectivity index is 1.87. The summed E-state index contributed by atoms with van der Waals surface area (Å²) in [7, 11) is 0. The van der Waals surface area contributed by atoms with Crippen molar-refractivity contribution in [2.75, 3.05) is 11.4 Å². The van der Waals surface area contributed by atoms with Crippen molar-refractivity contribution in [2.24, 2.45) is 0 Å². The predicted octanol–water partition coefficient (Wildman–Crippen LogP) is 4.20. The van der Waals surface area contributed by atoms with Crippen molar-refractivity contribution in [1.82, 2.24) is 9.55 Å². The Morgan fingerprint density at radius 3 is 2.75 bits per heavy atom. The number of nitrogens with zero attached hydrogens (tertiary/aromatic N) is 3. The molecule has 1 amide bonds. The molecule has 0 radical (unpaired) electrons. The largest absolute Gasteiger partial charge is 0.444 e. The van der Waals surface area contributed by atoms with Gasteiger partial charge in [-0.05, 0) is 25.3 Å². The standard InChI is InChI=1S/C22H25N3O3/c1-4-9-18-13-16(3)25-20(18)23-14-19(21(25)26)24(12-5-2)22(27)28-15-17-10-7-6-8-11-17/h4-8,10-11,14,16,18H,1-2,9,12-13,15H2,3H3/t16-,18-/m1/s1. The first kappa shape index (κ1) is 19.6. The van der Waals surface area contributed by atoms with Gasteiger partial charge in [-0.3, -0.25) is 14.3 Å². The van der Waals surface area contributed by atoms with Gasteiger partial charge >= 0.3 is 6.09 Å². The smallest absolute Gasteiger partial charge is 0.415 e. The van der Waals surface area contributed by atoms with Crippen molar-refractivity contribution in [3.8, 4) is 0 Å². The van der Waals surface area contributed by atoms with E-state index < -0.39 is 6.09 Å². The summed E-state index contributed by atoms with van der Waals surface area (Å²) < 4.78 is 7.09. The average molecular weight is 379 g/mol. The van der Waals surface area contributed by atoms with Crippen LogP contribution in [0.2, 0.25) is 0 Å². The maximum absolute atomic E-state index is 13.1. The van der Waals surface area contributed by atoms with Gasteiger partial charge in [-0.2, -0.15) is 0 Å². The summed E-state index contributed by atoms with van der Waals surface area (Å²) in [5.74, 6) is 0.921. The highest BCUT2D eigenvalue weighted by Crippen LogP contribution is 2.35. The predicted molar refractivity (Wildman–Crippen MR) is 110 cm³/mol. The van der Waals surface area contributed by atoms with Gasteiger partial charge in [0.15, 0.2) is 0 Å². The Morgan fingerprint density at radius 2 is 2.07 bits per heavy atom.